The van der Waals surface area contributed by atoms with Gasteiger partial charge in [0, 0.05) is 31.9 Å². The molecule has 162 valence electrons. The van der Waals surface area contributed by atoms with Crippen molar-refractivity contribution in [3.8, 4) is 11.5 Å². The highest BCUT2D eigenvalue weighted by molar-refractivity contribution is 5.76. The van der Waals surface area contributed by atoms with Gasteiger partial charge in [0.2, 0.25) is 5.91 Å². The smallest absolute Gasteiger partial charge is 0.223 e. The highest BCUT2D eigenvalue weighted by atomic mass is 16.5. The number of methoxy groups -OCH3 is 2. The van der Waals surface area contributed by atoms with E-state index in [9.17, 15) is 4.79 Å². The summed E-state index contributed by atoms with van der Waals surface area (Å²) in [6.45, 7) is 3.25. The van der Waals surface area contributed by atoms with Crippen molar-refractivity contribution in [3.63, 3.8) is 0 Å². The predicted molar refractivity (Wildman–Crippen MR) is 122 cm³/mol. The van der Waals surface area contributed by atoms with Gasteiger partial charge in [-0.3, -0.25) is 9.78 Å². The Bertz CT molecular complexity index is 972. The van der Waals surface area contributed by atoms with Crippen LogP contribution in [0.5, 0.6) is 11.5 Å². The molecule has 0 atom stereocenters. The van der Waals surface area contributed by atoms with Crippen LogP contribution in [0.1, 0.15) is 35.6 Å². The summed E-state index contributed by atoms with van der Waals surface area (Å²) in [4.78, 5) is 19.3. The second-order valence-corrected chi connectivity index (χ2v) is 7.47. The Morgan fingerprint density at radius 1 is 0.871 bits per heavy atom. The van der Waals surface area contributed by atoms with Gasteiger partial charge in [0.05, 0.1) is 14.2 Å². The summed E-state index contributed by atoms with van der Waals surface area (Å²) in [5.74, 6) is 1.47. The number of rotatable bonds is 10. The van der Waals surface area contributed by atoms with Crippen LogP contribution >= 0.6 is 0 Å². The highest BCUT2D eigenvalue weighted by Crippen LogP contribution is 2.28. The van der Waals surface area contributed by atoms with Gasteiger partial charge in [0.25, 0.3) is 0 Å². The molecule has 0 aliphatic carbocycles. The number of hydrogen-bond acceptors (Lipinski definition) is 4. The standard InChI is InChI=1S/C26H30N2O3/c1-4-20-7-9-22(10-8-20)18-28(19-23-6-5-15-27-17-23)26(29)14-12-21-11-13-24(30-2)25(16-21)31-3/h5-11,13,15-17H,4,12,14,18-19H2,1-3H3. The Balaban J connectivity index is 1.71. The van der Waals surface area contributed by atoms with Gasteiger partial charge in [-0.05, 0) is 53.3 Å². The van der Waals surface area contributed by atoms with Crippen LogP contribution in [0.3, 0.4) is 0 Å². The van der Waals surface area contributed by atoms with E-state index in [-0.39, 0.29) is 5.91 Å². The fraction of sp³-hybridized carbons (Fsp3) is 0.308. The van der Waals surface area contributed by atoms with E-state index in [1.165, 1.54) is 5.56 Å². The minimum Gasteiger partial charge on any atom is -0.493 e. The summed E-state index contributed by atoms with van der Waals surface area (Å²) >= 11 is 0. The maximum Gasteiger partial charge on any atom is 0.223 e. The van der Waals surface area contributed by atoms with Crippen molar-refractivity contribution in [1.82, 2.24) is 9.88 Å². The van der Waals surface area contributed by atoms with Gasteiger partial charge in [-0.2, -0.15) is 0 Å². The van der Waals surface area contributed by atoms with Gasteiger partial charge in [-0.15, -0.1) is 0 Å². The second kappa shape index (κ2) is 11.2. The zero-order valence-corrected chi connectivity index (χ0v) is 18.5. The number of carbonyl (C=O) groups is 1. The first kappa shape index (κ1) is 22.3. The molecule has 1 aromatic heterocycles. The number of aromatic nitrogens is 1. The molecule has 31 heavy (non-hydrogen) atoms. The van der Waals surface area contributed by atoms with Crippen molar-refractivity contribution in [3.05, 3.63) is 89.2 Å². The number of nitrogens with zero attached hydrogens (tertiary/aromatic N) is 2. The molecule has 0 spiro atoms. The number of benzene rings is 2. The Kier molecular flexibility index (Phi) is 8.05. The quantitative estimate of drug-likeness (QED) is 0.474. The maximum absolute atomic E-state index is 13.2. The highest BCUT2D eigenvalue weighted by Gasteiger charge is 2.16. The van der Waals surface area contributed by atoms with E-state index in [0.717, 1.165) is 23.1 Å². The second-order valence-electron chi connectivity index (χ2n) is 7.47. The normalized spacial score (nSPS) is 10.5. The third-order valence-corrected chi connectivity index (χ3v) is 5.33. The molecule has 1 heterocycles. The van der Waals surface area contributed by atoms with Crippen LogP contribution in [0.25, 0.3) is 0 Å². The molecule has 0 bridgehead atoms. The molecule has 0 radical (unpaired) electrons. The Hall–Kier alpha value is -3.34. The topological polar surface area (TPSA) is 51.7 Å². The molecule has 0 aliphatic heterocycles. The number of pyridine rings is 1. The Labute approximate surface area is 184 Å². The average molecular weight is 419 g/mol. The predicted octanol–water partition coefficient (Wildman–Crippen LogP) is 4.82. The van der Waals surface area contributed by atoms with E-state index in [1.54, 1.807) is 20.4 Å². The van der Waals surface area contributed by atoms with Crippen LogP contribution < -0.4 is 9.47 Å². The maximum atomic E-state index is 13.2. The van der Waals surface area contributed by atoms with Gasteiger partial charge in [-0.1, -0.05) is 43.3 Å². The summed E-state index contributed by atoms with van der Waals surface area (Å²) in [6.07, 6.45) is 5.62. The van der Waals surface area contributed by atoms with E-state index in [0.29, 0.717) is 37.4 Å². The molecule has 3 aromatic rings. The lowest BCUT2D eigenvalue weighted by Gasteiger charge is -2.23. The molecular weight excluding hydrogens is 388 g/mol. The molecule has 3 rings (SSSR count). The van der Waals surface area contributed by atoms with Crippen LogP contribution in [-0.2, 0) is 30.7 Å². The summed E-state index contributed by atoms with van der Waals surface area (Å²) in [7, 11) is 3.23. The van der Waals surface area contributed by atoms with Crippen molar-refractivity contribution < 1.29 is 14.3 Å². The minimum atomic E-state index is 0.109. The lowest BCUT2D eigenvalue weighted by molar-refractivity contribution is -0.132. The van der Waals surface area contributed by atoms with Gasteiger partial charge in [0.15, 0.2) is 11.5 Å². The van der Waals surface area contributed by atoms with Crippen LogP contribution in [-0.4, -0.2) is 30.0 Å². The number of aryl methyl sites for hydroxylation is 2. The van der Waals surface area contributed by atoms with Crippen molar-refractivity contribution in [1.29, 1.82) is 0 Å². The zero-order chi connectivity index (χ0) is 22.1. The molecular formula is C26H30N2O3. The van der Waals surface area contributed by atoms with E-state index in [1.807, 2.05) is 41.4 Å². The molecule has 1 amide bonds. The van der Waals surface area contributed by atoms with Crippen LogP contribution in [0, 0.1) is 0 Å². The molecule has 0 unspecified atom stereocenters. The largest absolute Gasteiger partial charge is 0.493 e. The molecule has 0 aliphatic rings. The lowest BCUT2D eigenvalue weighted by atomic mass is 10.1. The van der Waals surface area contributed by atoms with Crippen LogP contribution in [0.2, 0.25) is 0 Å². The van der Waals surface area contributed by atoms with Gasteiger partial charge in [0.1, 0.15) is 0 Å². The van der Waals surface area contributed by atoms with Crippen molar-refractivity contribution in [2.24, 2.45) is 0 Å². The molecule has 2 aromatic carbocycles. The molecule has 0 fully saturated rings. The summed E-state index contributed by atoms with van der Waals surface area (Å²) in [6, 6.07) is 18.2. The third kappa shape index (κ3) is 6.32. The van der Waals surface area contributed by atoms with Crippen LogP contribution in [0.15, 0.2) is 67.0 Å². The first-order valence-electron chi connectivity index (χ1n) is 10.6. The lowest BCUT2D eigenvalue weighted by Crippen LogP contribution is -2.30. The van der Waals surface area contributed by atoms with Gasteiger partial charge < -0.3 is 14.4 Å². The van der Waals surface area contributed by atoms with Gasteiger partial charge in [-0.25, -0.2) is 0 Å². The van der Waals surface area contributed by atoms with Crippen molar-refractivity contribution in [2.45, 2.75) is 39.3 Å². The third-order valence-electron chi connectivity index (χ3n) is 5.33. The van der Waals surface area contributed by atoms with Gasteiger partial charge >= 0.3 is 0 Å². The molecule has 0 N–H and O–H groups in total. The first-order valence-corrected chi connectivity index (χ1v) is 10.6. The monoisotopic (exact) mass is 418 g/mol. The van der Waals surface area contributed by atoms with Crippen molar-refractivity contribution >= 4 is 5.91 Å². The fourth-order valence-corrected chi connectivity index (χ4v) is 3.49. The van der Waals surface area contributed by atoms with E-state index in [4.69, 9.17) is 9.47 Å². The molecule has 5 nitrogen and oxygen atoms in total. The van der Waals surface area contributed by atoms with E-state index < -0.39 is 0 Å². The number of ether oxygens (including phenoxy) is 2. The summed E-state index contributed by atoms with van der Waals surface area (Å²) < 4.78 is 10.7. The summed E-state index contributed by atoms with van der Waals surface area (Å²) in [5, 5.41) is 0. The average Bonchev–Trinajstić information content (AvgIpc) is 2.83. The molecule has 0 saturated heterocycles. The van der Waals surface area contributed by atoms with E-state index >= 15 is 0 Å². The SMILES string of the molecule is CCc1ccc(CN(Cc2cccnc2)C(=O)CCc2ccc(OC)c(OC)c2)cc1. The first-order chi connectivity index (χ1) is 15.1. The molecule has 0 saturated carbocycles. The van der Waals surface area contributed by atoms with Crippen LogP contribution in [0.4, 0.5) is 0 Å². The minimum absolute atomic E-state index is 0.109. The summed E-state index contributed by atoms with van der Waals surface area (Å²) in [5.41, 5.74) is 4.48. The Morgan fingerprint density at radius 3 is 2.19 bits per heavy atom. The number of amides is 1. The Morgan fingerprint density at radius 2 is 1.55 bits per heavy atom. The number of hydrogen-bond donors (Lipinski definition) is 0. The fourth-order valence-electron chi connectivity index (χ4n) is 3.49. The van der Waals surface area contributed by atoms with E-state index in [2.05, 4.69) is 36.2 Å². The number of carbonyl (C=O) groups excluding carboxylic acids is 1. The zero-order valence-electron chi connectivity index (χ0n) is 18.5. The van der Waals surface area contributed by atoms with Crippen molar-refractivity contribution in [2.75, 3.05) is 14.2 Å². The molecule has 5 heteroatoms.